The standard InChI is InChI=1S/C27H41N7O5/c1-17(2)12-20(29)24(35)32-21(10-6-7-11-28)25(36)33-22(14-19-15-30-16-31-19)26(37)34-23(27(38)39)13-18-8-4-3-5-9-18/h3-5,8-9,15-17,20-23H,6-7,10-14,28-29H2,1-2H3,(H,30,31)(H,32,35)(H,33,36)(H,34,37)(H,38,39). The molecule has 3 amide bonds. The minimum Gasteiger partial charge on any atom is -0.480 e. The lowest BCUT2D eigenvalue weighted by Gasteiger charge is -2.25. The Hall–Kier alpha value is -3.77. The number of aromatic nitrogens is 2. The number of benzene rings is 1. The largest absolute Gasteiger partial charge is 0.480 e. The van der Waals surface area contributed by atoms with Gasteiger partial charge in [0, 0.05) is 24.7 Å². The second kappa shape index (κ2) is 16.2. The normalized spacial score (nSPS) is 14.2. The smallest absolute Gasteiger partial charge is 0.326 e. The summed E-state index contributed by atoms with van der Waals surface area (Å²) >= 11 is 0. The molecule has 0 spiro atoms. The van der Waals surface area contributed by atoms with Crippen molar-refractivity contribution in [3.8, 4) is 0 Å². The van der Waals surface area contributed by atoms with E-state index in [9.17, 15) is 24.3 Å². The Morgan fingerprint density at radius 1 is 0.923 bits per heavy atom. The van der Waals surface area contributed by atoms with Crippen molar-refractivity contribution in [3.05, 3.63) is 54.1 Å². The number of nitrogens with zero attached hydrogens (tertiary/aromatic N) is 1. The number of hydrogen-bond acceptors (Lipinski definition) is 7. The van der Waals surface area contributed by atoms with Crippen LogP contribution in [0.3, 0.4) is 0 Å². The van der Waals surface area contributed by atoms with Crippen LogP contribution in [0.2, 0.25) is 0 Å². The Bertz CT molecular complexity index is 1050. The number of nitrogens with two attached hydrogens (primary N) is 2. The first kappa shape index (κ1) is 31.4. The van der Waals surface area contributed by atoms with Crippen LogP contribution in [0.15, 0.2) is 42.9 Å². The molecule has 0 bridgehead atoms. The number of carbonyl (C=O) groups excluding carboxylic acids is 3. The predicted molar refractivity (Wildman–Crippen MR) is 146 cm³/mol. The van der Waals surface area contributed by atoms with Gasteiger partial charge in [0.1, 0.15) is 18.1 Å². The van der Waals surface area contributed by atoms with Crippen molar-refractivity contribution in [1.82, 2.24) is 25.9 Å². The molecule has 12 nitrogen and oxygen atoms in total. The maximum Gasteiger partial charge on any atom is 0.326 e. The maximum absolute atomic E-state index is 13.4. The molecular weight excluding hydrogens is 502 g/mol. The maximum atomic E-state index is 13.4. The highest BCUT2D eigenvalue weighted by Gasteiger charge is 2.31. The number of rotatable bonds is 17. The van der Waals surface area contributed by atoms with Crippen LogP contribution in [0, 0.1) is 5.92 Å². The minimum absolute atomic E-state index is 0.0333. The van der Waals surface area contributed by atoms with Crippen molar-refractivity contribution in [2.45, 2.75) is 76.5 Å². The van der Waals surface area contributed by atoms with Crippen LogP contribution >= 0.6 is 0 Å². The fourth-order valence-electron chi connectivity index (χ4n) is 4.08. The Morgan fingerprint density at radius 2 is 1.56 bits per heavy atom. The summed E-state index contributed by atoms with van der Waals surface area (Å²) in [4.78, 5) is 58.1. The summed E-state index contributed by atoms with van der Waals surface area (Å²) in [6, 6.07) is 4.84. The lowest BCUT2D eigenvalue weighted by atomic mass is 10.0. The first-order valence-electron chi connectivity index (χ1n) is 13.2. The zero-order chi connectivity index (χ0) is 28.8. The molecule has 0 fully saturated rings. The third kappa shape index (κ3) is 11.2. The van der Waals surface area contributed by atoms with Gasteiger partial charge in [0.05, 0.1) is 12.4 Å². The molecule has 0 saturated heterocycles. The number of amides is 3. The van der Waals surface area contributed by atoms with Crippen molar-refractivity contribution in [2.24, 2.45) is 17.4 Å². The van der Waals surface area contributed by atoms with E-state index in [0.29, 0.717) is 37.9 Å². The molecule has 4 unspecified atom stereocenters. The number of unbranched alkanes of at least 4 members (excludes halogenated alkanes) is 1. The van der Waals surface area contributed by atoms with E-state index in [1.165, 1.54) is 12.5 Å². The van der Waals surface area contributed by atoms with E-state index in [1.54, 1.807) is 24.3 Å². The Morgan fingerprint density at radius 3 is 2.15 bits per heavy atom. The van der Waals surface area contributed by atoms with Crippen molar-refractivity contribution >= 4 is 23.7 Å². The Labute approximate surface area is 228 Å². The third-order valence-electron chi connectivity index (χ3n) is 6.15. The van der Waals surface area contributed by atoms with E-state index >= 15 is 0 Å². The molecule has 214 valence electrons. The summed E-state index contributed by atoms with van der Waals surface area (Å²) in [5.74, 6) is -2.72. The molecule has 4 atom stereocenters. The Kier molecular flexibility index (Phi) is 13.1. The average Bonchev–Trinajstić information content (AvgIpc) is 3.40. The van der Waals surface area contributed by atoms with Crippen molar-refractivity contribution in [1.29, 1.82) is 0 Å². The predicted octanol–water partition coefficient (Wildman–Crippen LogP) is 0.236. The molecule has 0 aliphatic carbocycles. The van der Waals surface area contributed by atoms with E-state index in [0.717, 1.165) is 5.56 Å². The highest BCUT2D eigenvalue weighted by molar-refractivity contribution is 5.94. The quantitative estimate of drug-likeness (QED) is 0.137. The zero-order valence-corrected chi connectivity index (χ0v) is 22.6. The molecule has 2 aromatic rings. The summed E-state index contributed by atoms with van der Waals surface area (Å²) in [7, 11) is 0. The number of H-pyrrole nitrogens is 1. The fourth-order valence-corrected chi connectivity index (χ4v) is 4.08. The first-order chi connectivity index (χ1) is 18.6. The van der Waals surface area contributed by atoms with Gasteiger partial charge >= 0.3 is 5.97 Å². The molecule has 1 heterocycles. The molecule has 12 heteroatoms. The number of nitrogens with one attached hydrogen (secondary N) is 4. The molecule has 0 aliphatic heterocycles. The topological polar surface area (TPSA) is 205 Å². The number of aromatic amines is 1. The van der Waals surface area contributed by atoms with Gasteiger partial charge in [-0.15, -0.1) is 0 Å². The molecule has 1 aromatic heterocycles. The molecule has 0 aliphatic rings. The van der Waals surface area contributed by atoms with Gasteiger partial charge in [0.2, 0.25) is 17.7 Å². The van der Waals surface area contributed by atoms with Gasteiger partial charge in [0.15, 0.2) is 0 Å². The number of aliphatic carboxylic acids is 1. The third-order valence-corrected chi connectivity index (χ3v) is 6.15. The molecule has 0 radical (unpaired) electrons. The molecule has 9 N–H and O–H groups in total. The number of carboxylic acids is 1. The number of carboxylic acid groups (broad SMARTS) is 1. The van der Waals surface area contributed by atoms with Crippen LogP contribution in [0.5, 0.6) is 0 Å². The lowest BCUT2D eigenvalue weighted by Crippen LogP contribution is -2.58. The van der Waals surface area contributed by atoms with Crippen LogP contribution in [-0.4, -0.2) is 69.5 Å². The minimum atomic E-state index is -1.21. The second-order valence-corrected chi connectivity index (χ2v) is 10.0. The van der Waals surface area contributed by atoms with Crippen molar-refractivity contribution in [3.63, 3.8) is 0 Å². The summed E-state index contributed by atoms with van der Waals surface area (Å²) in [5.41, 5.74) is 12.9. The highest BCUT2D eigenvalue weighted by Crippen LogP contribution is 2.09. The summed E-state index contributed by atoms with van der Waals surface area (Å²) in [6.45, 7) is 4.32. The van der Waals surface area contributed by atoms with Gasteiger partial charge in [-0.3, -0.25) is 14.4 Å². The zero-order valence-electron chi connectivity index (χ0n) is 22.6. The van der Waals surface area contributed by atoms with E-state index in [-0.39, 0.29) is 18.8 Å². The van der Waals surface area contributed by atoms with Gasteiger partial charge in [-0.25, -0.2) is 9.78 Å². The van der Waals surface area contributed by atoms with E-state index in [1.807, 2.05) is 19.9 Å². The molecule has 2 rings (SSSR count). The SMILES string of the molecule is CC(C)CC(N)C(=O)NC(CCCCN)C(=O)NC(Cc1cnc[nH]1)C(=O)NC(Cc1ccccc1)C(=O)O. The highest BCUT2D eigenvalue weighted by atomic mass is 16.4. The molecule has 0 saturated carbocycles. The molecular formula is C27H41N7O5. The number of imidazole rings is 1. The second-order valence-electron chi connectivity index (χ2n) is 10.0. The van der Waals surface area contributed by atoms with Crippen molar-refractivity contribution < 1.29 is 24.3 Å². The average molecular weight is 544 g/mol. The van der Waals surface area contributed by atoms with Crippen LogP contribution < -0.4 is 27.4 Å². The number of carbonyl (C=O) groups is 4. The van der Waals surface area contributed by atoms with Crippen LogP contribution in [0.1, 0.15) is 50.8 Å². The molecule has 39 heavy (non-hydrogen) atoms. The lowest BCUT2D eigenvalue weighted by molar-refractivity contribution is -0.142. The first-order valence-corrected chi connectivity index (χ1v) is 13.2. The fraction of sp³-hybridized carbons (Fsp3) is 0.519. The number of hydrogen-bond donors (Lipinski definition) is 7. The van der Waals surface area contributed by atoms with E-state index in [2.05, 4.69) is 25.9 Å². The van der Waals surface area contributed by atoms with E-state index in [4.69, 9.17) is 11.5 Å². The molecule has 1 aromatic carbocycles. The van der Waals surface area contributed by atoms with Gasteiger partial charge in [0.25, 0.3) is 0 Å². The summed E-state index contributed by atoms with van der Waals surface area (Å²) in [6.07, 6.45) is 5.02. The monoisotopic (exact) mass is 543 g/mol. The van der Waals surface area contributed by atoms with Gasteiger partial charge in [-0.1, -0.05) is 44.2 Å². The summed E-state index contributed by atoms with van der Waals surface area (Å²) in [5, 5.41) is 17.7. The van der Waals surface area contributed by atoms with Crippen LogP contribution in [0.4, 0.5) is 0 Å². The van der Waals surface area contributed by atoms with Crippen LogP contribution in [-0.2, 0) is 32.0 Å². The van der Waals surface area contributed by atoms with Crippen LogP contribution in [0.25, 0.3) is 0 Å². The van der Waals surface area contributed by atoms with Gasteiger partial charge < -0.3 is 37.5 Å². The van der Waals surface area contributed by atoms with Gasteiger partial charge in [-0.2, -0.15) is 0 Å². The van der Waals surface area contributed by atoms with Gasteiger partial charge in [-0.05, 0) is 43.7 Å². The van der Waals surface area contributed by atoms with E-state index < -0.39 is 47.9 Å². The summed E-state index contributed by atoms with van der Waals surface area (Å²) < 4.78 is 0. The Balaban J connectivity index is 2.19. The van der Waals surface area contributed by atoms with Crippen molar-refractivity contribution in [2.75, 3.05) is 6.54 Å².